The molecule has 1 saturated heterocycles. The SMILES string of the molecule is CCOC(=O)c1ccc(NC(=O)c2cnc(N3CCCC(C)C3)nc2)cc1. The summed E-state index contributed by atoms with van der Waals surface area (Å²) < 4.78 is 4.94. The molecule has 0 bridgehead atoms. The van der Waals surface area contributed by atoms with E-state index in [4.69, 9.17) is 4.74 Å². The van der Waals surface area contributed by atoms with E-state index in [9.17, 15) is 9.59 Å². The zero-order chi connectivity index (χ0) is 19.2. The minimum atomic E-state index is -0.383. The Morgan fingerprint density at radius 2 is 1.89 bits per heavy atom. The zero-order valence-electron chi connectivity index (χ0n) is 15.6. The van der Waals surface area contributed by atoms with Gasteiger partial charge in [-0.1, -0.05) is 6.92 Å². The second kappa shape index (κ2) is 8.62. The van der Waals surface area contributed by atoms with Gasteiger partial charge in [0.15, 0.2) is 0 Å². The van der Waals surface area contributed by atoms with Gasteiger partial charge < -0.3 is 15.0 Å². The van der Waals surface area contributed by atoms with E-state index in [1.165, 1.54) is 6.42 Å². The first-order valence-electron chi connectivity index (χ1n) is 9.22. The number of amides is 1. The number of hydrogen-bond donors (Lipinski definition) is 1. The van der Waals surface area contributed by atoms with E-state index in [2.05, 4.69) is 27.1 Å². The summed E-state index contributed by atoms with van der Waals surface area (Å²) >= 11 is 0. The molecule has 0 saturated carbocycles. The van der Waals surface area contributed by atoms with E-state index in [1.807, 2.05) is 0 Å². The van der Waals surface area contributed by atoms with Gasteiger partial charge in [0.2, 0.25) is 5.95 Å². The van der Waals surface area contributed by atoms with Crippen LogP contribution < -0.4 is 10.2 Å². The van der Waals surface area contributed by atoms with Crippen LogP contribution >= 0.6 is 0 Å². The lowest BCUT2D eigenvalue weighted by Gasteiger charge is -2.30. The zero-order valence-corrected chi connectivity index (χ0v) is 15.6. The molecule has 0 aliphatic carbocycles. The van der Waals surface area contributed by atoms with Crippen molar-refractivity contribution >= 4 is 23.5 Å². The van der Waals surface area contributed by atoms with Gasteiger partial charge in [0.1, 0.15) is 0 Å². The highest BCUT2D eigenvalue weighted by atomic mass is 16.5. The van der Waals surface area contributed by atoms with E-state index in [0.717, 1.165) is 19.5 Å². The Labute approximate surface area is 158 Å². The third kappa shape index (κ3) is 4.81. The fourth-order valence-corrected chi connectivity index (χ4v) is 3.08. The van der Waals surface area contributed by atoms with Gasteiger partial charge in [0, 0.05) is 31.2 Å². The van der Waals surface area contributed by atoms with E-state index < -0.39 is 0 Å². The number of nitrogens with zero attached hydrogens (tertiary/aromatic N) is 3. The van der Waals surface area contributed by atoms with Crippen LogP contribution in [0.4, 0.5) is 11.6 Å². The lowest BCUT2D eigenvalue weighted by atomic mass is 10.0. The number of benzene rings is 1. The highest BCUT2D eigenvalue weighted by Gasteiger charge is 2.19. The van der Waals surface area contributed by atoms with Crippen molar-refractivity contribution in [1.29, 1.82) is 0 Å². The first kappa shape index (κ1) is 18.8. The predicted octanol–water partition coefficient (Wildman–Crippen LogP) is 3.14. The average molecular weight is 368 g/mol. The molecule has 1 aliphatic heterocycles. The first-order chi connectivity index (χ1) is 13.1. The maximum absolute atomic E-state index is 12.4. The smallest absolute Gasteiger partial charge is 0.338 e. The number of carbonyl (C=O) groups excluding carboxylic acids is 2. The van der Waals surface area contributed by atoms with Crippen LogP contribution in [0.2, 0.25) is 0 Å². The van der Waals surface area contributed by atoms with Crippen LogP contribution in [-0.2, 0) is 4.74 Å². The van der Waals surface area contributed by atoms with Gasteiger partial charge in [0.05, 0.1) is 17.7 Å². The van der Waals surface area contributed by atoms with Crippen molar-refractivity contribution in [2.45, 2.75) is 26.7 Å². The number of anilines is 2. The standard InChI is InChI=1S/C20H24N4O3/c1-3-27-19(26)15-6-8-17(9-7-15)23-18(25)16-11-21-20(22-12-16)24-10-4-5-14(2)13-24/h6-9,11-12,14H,3-5,10,13H2,1-2H3,(H,23,25). The van der Waals surface area contributed by atoms with Crippen molar-refractivity contribution in [3.8, 4) is 0 Å². The van der Waals surface area contributed by atoms with Gasteiger partial charge >= 0.3 is 5.97 Å². The summed E-state index contributed by atoms with van der Waals surface area (Å²) in [5, 5.41) is 2.78. The average Bonchev–Trinajstić information content (AvgIpc) is 2.69. The van der Waals surface area contributed by atoms with Gasteiger partial charge in [-0.3, -0.25) is 4.79 Å². The molecule has 1 aromatic carbocycles. The Kier molecular flexibility index (Phi) is 6.01. The minimum Gasteiger partial charge on any atom is -0.462 e. The molecule has 2 heterocycles. The fourth-order valence-electron chi connectivity index (χ4n) is 3.08. The third-order valence-electron chi connectivity index (χ3n) is 4.49. The molecule has 1 unspecified atom stereocenters. The van der Waals surface area contributed by atoms with Gasteiger partial charge in [-0.15, -0.1) is 0 Å². The van der Waals surface area contributed by atoms with Crippen molar-refractivity contribution in [2.75, 3.05) is 29.9 Å². The number of rotatable bonds is 5. The van der Waals surface area contributed by atoms with Crippen molar-refractivity contribution in [3.63, 3.8) is 0 Å². The summed E-state index contributed by atoms with van der Waals surface area (Å²) in [5.41, 5.74) is 1.42. The first-order valence-corrected chi connectivity index (χ1v) is 9.22. The van der Waals surface area contributed by atoms with Crippen LogP contribution in [0.15, 0.2) is 36.7 Å². The molecule has 1 fully saturated rings. The van der Waals surface area contributed by atoms with E-state index in [-0.39, 0.29) is 11.9 Å². The molecular weight excluding hydrogens is 344 g/mol. The second-order valence-electron chi connectivity index (χ2n) is 6.72. The number of hydrogen-bond acceptors (Lipinski definition) is 6. The number of carbonyl (C=O) groups is 2. The second-order valence-corrected chi connectivity index (χ2v) is 6.72. The van der Waals surface area contributed by atoms with Gasteiger partial charge in [-0.25, -0.2) is 14.8 Å². The Morgan fingerprint density at radius 1 is 1.19 bits per heavy atom. The van der Waals surface area contributed by atoms with Crippen molar-refractivity contribution in [1.82, 2.24) is 9.97 Å². The molecule has 1 amide bonds. The topological polar surface area (TPSA) is 84.4 Å². The van der Waals surface area contributed by atoms with Crippen molar-refractivity contribution in [3.05, 3.63) is 47.8 Å². The van der Waals surface area contributed by atoms with E-state index >= 15 is 0 Å². The lowest BCUT2D eigenvalue weighted by molar-refractivity contribution is 0.0526. The van der Waals surface area contributed by atoms with Crippen LogP contribution in [0.25, 0.3) is 0 Å². The summed E-state index contributed by atoms with van der Waals surface area (Å²) in [4.78, 5) is 34.9. The molecule has 1 aromatic heterocycles. The molecule has 0 spiro atoms. The number of esters is 1. The lowest BCUT2D eigenvalue weighted by Crippen LogP contribution is -2.35. The Balaban J connectivity index is 1.61. The van der Waals surface area contributed by atoms with E-state index in [0.29, 0.717) is 35.3 Å². The molecule has 0 radical (unpaired) electrons. The molecule has 7 nitrogen and oxygen atoms in total. The maximum atomic E-state index is 12.4. The highest BCUT2D eigenvalue weighted by Crippen LogP contribution is 2.19. The van der Waals surface area contributed by atoms with Crippen LogP contribution in [-0.4, -0.2) is 41.5 Å². The van der Waals surface area contributed by atoms with E-state index in [1.54, 1.807) is 43.6 Å². The molecular formula is C20H24N4O3. The van der Waals surface area contributed by atoms with Gasteiger partial charge in [0.25, 0.3) is 5.91 Å². The predicted molar refractivity (Wildman–Crippen MR) is 103 cm³/mol. The summed E-state index contributed by atoms with van der Waals surface area (Å²) in [6, 6.07) is 6.55. The Hall–Kier alpha value is -2.96. The monoisotopic (exact) mass is 368 g/mol. The summed E-state index contributed by atoms with van der Waals surface area (Å²) in [6.07, 6.45) is 5.45. The summed E-state index contributed by atoms with van der Waals surface area (Å²) in [6.45, 7) is 6.19. The Bertz CT molecular complexity index is 790. The third-order valence-corrected chi connectivity index (χ3v) is 4.49. The molecule has 1 N–H and O–H groups in total. The maximum Gasteiger partial charge on any atom is 0.338 e. The van der Waals surface area contributed by atoms with Gasteiger partial charge in [-0.05, 0) is 49.9 Å². The summed E-state index contributed by atoms with van der Waals surface area (Å²) in [5.74, 6) is 0.614. The minimum absolute atomic E-state index is 0.294. The number of nitrogens with one attached hydrogen (secondary N) is 1. The fraction of sp³-hybridized carbons (Fsp3) is 0.400. The quantitative estimate of drug-likeness (QED) is 0.816. The van der Waals surface area contributed by atoms with Crippen LogP contribution in [0.5, 0.6) is 0 Å². The normalized spacial score (nSPS) is 16.7. The molecule has 142 valence electrons. The van der Waals surface area contributed by atoms with Gasteiger partial charge in [-0.2, -0.15) is 0 Å². The molecule has 2 aromatic rings. The molecule has 3 rings (SSSR count). The molecule has 1 aliphatic rings. The number of aromatic nitrogens is 2. The van der Waals surface area contributed by atoms with Crippen molar-refractivity contribution < 1.29 is 14.3 Å². The molecule has 27 heavy (non-hydrogen) atoms. The Morgan fingerprint density at radius 3 is 2.52 bits per heavy atom. The van der Waals surface area contributed by atoms with Crippen molar-refractivity contribution in [2.24, 2.45) is 5.92 Å². The molecule has 1 atom stereocenters. The molecule has 7 heteroatoms. The van der Waals surface area contributed by atoms with Crippen LogP contribution in [0, 0.1) is 5.92 Å². The number of ether oxygens (including phenoxy) is 1. The van der Waals surface area contributed by atoms with Crippen LogP contribution in [0.3, 0.4) is 0 Å². The largest absolute Gasteiger partial charge is 0.462 e. The van der Waals surface area contributed by atoms with Crippen LogP contribution in [0.1, 0.15) is 47.4 Å². The summed E-state index contributed by atoms with van der Waals surface area (Å²) in [7, 11) is 0. The number of piperidine rings is 1. The highest BCUT2D eigenvalue weighted by molar-refractivity contribution is 6.04.